The van der Waals surface area contributed by atoms with Gasteiger partial charge in [0.1, 0.15) is 0 Å². The van der Waals surface area contributed by atoms with E-state index >= 15 is 0 Å². The Morgan fingerprint density at radius 3 is 2.21 bits per heavy atom. The summed E-state index contributed by atoms with van der Waals surface area (Å²) in [6, 6.07) is 17.9. The molecule has 3 nitrogen and oxygen atoms in total. The lowest BCUT2D eigenvalue weighted by atomic mass is 10.2. The van der Waals surface area contributed by atoms with Gasteiger partial charge in [0.25, 0.3) is 0 Å². The SMILES string of the molecule is C/C=C\C=C\c1nc(-c2ccccc2)nc(-c2cccc(Br)c2)n1. The summed E-state index contributed by atoms with van der Waals surface area (Å²) in [5.41, 5.74) is 1.92. The molecular weight excluding hydrogens is 362 g/mol. The van der Waals surface area contributed by atoms with Crippen molar-refractivity contribution in [2.45, 2.75) is 6.92 Å². The Balaban J connectivity index is 2.12. The summed E-state index contributed by atoms with van der Waals surface area (Å²) in [5.74, 6) is 1.96. The van der Waals surface area contributed by atoms with Gasteiger partial charge in [0.2, 0.25) is 0 Å². The van der Waals surface area contributed by atoms with Gasteiger partial charge in [-0.05, 0) is 25.1 Å². The Bertz CT molecular complexity index is 886. The highest BCUT2D eigenvalue weighted by atomic mass is 79.9. The van der Waals surface area contributed by atoms with Gasteiger partial charge in [-0.3, -0.25) is 0 Å². The third-order valence-corrected chi connectivity index (χ3v) is 3.81. The topological polar surface area (TPSA) is 38.7 Å². The van der Waals surface area contributed by atoms with E-state index in [9.17, 15) is 0 Å². The van der Waals surface area contributed by atoms with Gasteiger partial charge in [-0.1, -0.05) is 76.6 Å². The number of hydrogen-bond donors (Lipinski definition) is 0. The van der Waals surface area contributed by atoms with Crippen molar-refractivity contribution >= 4 is 22.0 Å². The molecule has 0 amide bonds. The molecule has 1 aromatic heterocycles. The summed E-state index contributed by atoms with van der Waals surface area (Å²) in [4.78, 5) is 13.8. The normalized spacial score (nSPS) is 11.4. The van der Waals surface area contributed by atoms with Crippen molar-refractivity contribution in [3.8, 4) is 22.8 Å². The maximum Gasteiger partial charge on any atom is 0.164 e. The Morgan fingerprint density at radius 1 is 0.792 bits per heavy atom. The van der Waals surface area contributed by atoms with Gasteiger partial charge in [-0.15, -0.1) is 0 Å². The molecule has 0 saturated carbocycles. The average Bonchev–Trinajstić information content (AvgIpc) is 2.62. The van der Waals surface area contributed by atoms with Crippen LogP contribution < -0.4 is 0 Å². The highest BCUT2D eigenvalue weighted by Crippen LogP contribution is 2.23. The van der Waals surface area contributed by atoms with Crippen molar-refractivity contribution < 1.29 is 0 Å². The minimum atomic E-state index is 0.636. The van der Waals surface area contributed by atoms with Crippen LogP contribution in [-0.4, -0.2) is 15.0 Å². The Hall–Kier alpha value is -2.59. The summed E-state index contributed by atoms with van der Waals surface area (Å²) < 4.78 is 0.993. The van der Waals surface area contributed by atoms with Gasteiger partial charge in [0.05, 0.1) is 0 Å². The molecule has 24 heavy (non-hydrogen) atoms. The van der Waals surface area contributed by atoms with Crippen LogP contribution in [0.25, 0.3) is 28.9 Å². The standard InChI is InChI=1S/C20H16BrN3/c1-2-3-5-13-18-22-19(15-9-6-4-7-10-15)24-20(23-18)16-11-8-12-17(21)14-16/h2-14H,1H3/b3-2-,13-5+. The van der Waals surface area contributed by atoms with E-state index in [1.807, 2.05) is 85.8 Å². The second-order valence-electron chi connectivity index (χ2n) is 5.10. The number of halogens is 1. The highest BCUT2D eigenvalue weighted by molar-refractivity contribution is 9.10. The number of rotatable bonds is 4. The molecule has 1 heterocycles. The van der Waals surface area contributed by atoms with E-state index in [4.69, 9.17) is 0 Å². The second kappa shape index (κ2) is 7.79. The molecule has 3 rings (SSSR count). The minimum Gasteiger partial charge on any atom is -0.209 e. The molecule has 0 fully saturated rings. The van der Waals surface area contributed by atoms with Crippen LogP contribution in [-0.2, 0) is 0 Å². The molecule has 0 aliphatic rings. The van der Waals surface area contributed by atoms with Crippen LogP contribution in [0.2, 0.25) is 0 Å². The average molecular weight is 378 g/mol. The molecule has 0 aliphatic heterocycles. The van der Waals surface area contributed by atoms with E-state index in [-0.39, 0.29) is 0 Å². The molecule has 0 spiro atoms. The fraction of sp³-hybridized carbons (Fsp3) is 0.0500. The second-order valence-corrected chi connectivity index (χ2v) is 6.02. The predicted octanol–water partition coefficient (Wildman–Crippen LogP) is 5.56. The van der Waals surface area contributed by atoms with Crippen LogP contribution in [0.15, 0.2) is 77.3 Å². The fourth-order valence-electron chi connectivity index (χ4n) is 2.19. The molecule has 2 aromatic carbocycles. The van der Waals surface area contributed by atoms with Crippen LogP contribution in [0.4, 0.5) is 0 Å². The number of aromatic nitrogens is 3. The lowest BCUT2D eigenvalue weighted by Crippen LogP contribution is -1.99. The predicted molar refractivity (Wildman–Crippen MR) is 102 cm³/mol. The van der Waals surface area contributed by atoms with Gasteiger partial charge in [-0.2, -0.15) is 0 Å². The van der Waals surface area contributed by atoms with Gasteiger partial charge >= 0.3 is 0 Å². The van der Waals surface area contributed by atoms with Crippen molar-refractivity contribution in [3.63, 3.8) is 0 Å². The molecule has 0 aliphatic carbocycles. The summed E-state index contributed by atoms with van der Waals surface area (Å²) in [6.45, 7) is 1.97. The van der Waals surface area contributed by atoms with Gasteiger partial charge in [-0.25, -0.2) is 15.0 Å². The first-order valence-corrected chi connectivity index (χ1v) is 8.42. The molecule has 3 aromatic rings. The zero-order valence-corrected chi connectivity index (χ0v) is 14.8. The fourth-order valence-corrected chi connectivity index (χ4v) is 2.59. The Labute approximate surface area is 150 Å². The molecule has 0 atom stereocenters. The third-order valence-electron chi connectivity index (χ3n) is 3.32. The van der Waals surface area contributed by atoms with Crippen molar-refractivity contribution in [2.24, 2.45) is 0 Å². The monoisotopic (exact) mass is 377 g/mol. The molecular formula is C20H16BrN3. The molecule has 0 radical (unpaired) electrons. The molecule has 0 saturated heterocycles. The highest BCUT2D eigenvalue weighted by Gasteiger charge is 2.09. The van der Waals surface area contributed by atoms with E-state index < -0.39 is 0 Å². The molecule has 118 valence electrons. The maximum atomic E-state index is 4.65. The zero-order chi connectivity index (χ0) is 16.8. The molecule has 4 heteroatoms. The van der Waals surface area contributed by atoms with E-state index in [0.29, 0.717) is 17.5 Å². The summed E-state index contributed by atoms with van der Waals surface area (Å²) in [5, 5.41) is 0. The Kier molecular flexibility index (Phi) is 5.29. The lowest BCUT2D eigenvalue weighted by molar-refractivity contribution is 1.04. The first-order valence-electron chi connectivity index (χ1n) is 7.63. The van der Waals surface area contributed by atoms with E-state index in [1.165, 1.54) is 0 Å². The van der Waals surface area contributed by atoms with Crippen LogP contribution >= 0.6 is 15.9 Å². The van der Waals surface area contributed by atoms with Gasteiger partial charge < -0.3 is 0 Å². The van der Waals surface area contributed by atoms with E-state index in [0.717, 1.165) is 15.6 Å². The smallest absolute Gasteiger partial charge is 0.164 e. The quantitative estimate of drug-likeness (QED) is 0.558. The number of benzene rings is 2. The number of hydrogen-bond acceptors (Lipinski definition) is 3. The number of nitrogens with zero attached hydrogens (tertiary/aromatic N) is 3. The van der Waals surface area contributed by atoms with Crippen molar-refractivity contribution in [3.05, 3.63) is 83.1 Å². The zero-order valence-electron chi connectivity index (χ0n) is 13.2. The van der Waals surface area contributed by atoms with Crippen LogP contribution in [0, 0.1) is 0 Å². The summed E-state index contributed by atoms with van der Waals surface area (Å²) >= 11 is 3.50. The summed E-state index contributed by atoms with van der Waals surface area (Å²) in [6.07, 6.45) is 7.72. The van der Waals surface area contributed by atoms with Gasteiger partial charge in [0.15, 0.2) is 17.5 Å². The first kappa shape index (κ1) is 16.3. The number of allylic oxidation sites excluding steroid dienone is 3. The van der Waals surface area contributed by atoms with Crippen molar-refractivity contribution in [2.75, 3.05) is 0 Å². The summed E-state index contributed by atoms with van der Waals surface area (Å²) in [7, 11) is 0. The van der Waals surface area contributed by atoms with Gasteiger partial charge in [0, 0.05) is 15.6 Å². The molecule has 0 unspecified atom stereocenters. The van der Waals surface area contributed by atoms with E-state index in [2.05, 4.69) is 30.9 Å². The van der Waals surface area contributed by atoms with Crippen LogP contribution in [0.3, 0.4) is 0 Å². The largest absolute Gasteiger partial charge is 0.209 e. The van der Waals surface area contributed by atoms with Crippen LogP contribution in [0.5, 0.6) is 0 Å². The van der Waals surface area contributed by atoms with E-state index in [1.54, 1.807) is 0 Å². The minimum absolute atomic E-state index is 0.636. The Morgan fingerprint density at radius 2 is 1.50 bits per heavy atom. The lowest BCUT2D eigenvalue weighted by Gasteiger charge is -2.06. The molecule has 0 N–H and O–H groups in total. The van der Waals surface area contributed by atoms with Crippen LogP contribution in [0.1, 0.15) is 12.7 Å². The maximum absolute atomic E-state index is 4.65. The third kappa shape index (κ3) is 4.03. The van der Waals surface area contributed by atoms with Crippen molar-refractivity contribution in [1.82, 2.24) is 15.0 Å². The van der Waals surface area contributed by atoms with Crippen molar-refractivity contribution in [1.29, 1.82) is 0 Å². The first-order chi connectivity index (χ1) is 11.8. The molecule has 0 bridgehead atoms.